The first-order chi connectivity index (χ1) is 9.81. The summed E-state index contributed by atoms with van der Waals surface area (Å²) in [6, 6.07) is 6.88. The summed E-state index contributed by atoms with van der Waals surface area (Å²) in [5.41, 5.74) is 1.31. The Morgan fingerprint density at radius 2 is 1.95 bits per heavy atom. The third-order valence-corrected chi connectivity index (χ3v) is 3.47. The summed E-state index contributed by atoms with van der Waals surface area (Å²) in [6.07, 6.45) is 0.311. The summed E-state index contributed by atoms with van der Waals surface area (Å²) in [5, 5.41) is 3.14. The third kappa shape index (κ3) is 3.70. The van der Waals surface area contributed by atoms with E-state index in [1.54, 1.807) is 19.2 Å². The highest BCUT2D eigenvalue weighted by atomic mass is 35.5. The number of aromatic nitrogens is 2. The van der Waals surface area contributed by atoms with E-state index >= 15 is 0 Å². The molecular formula is C16H19ClFN3. The monoisotopic (exact) mass is 307 g/mol. The SMILES string of the molecule is CNc1cc(C(C)(C)C)nc(Cc2cccc(Cl)c2F)n1. The van der Waals surface area contributed by atoms with Crippen LogP contribution in [-0.4, -0.2) is 17.0 Å². The van der Waals surface area contributed by atoms with Crippen LogP contribution >= 0.6 is 11.6 Å². The fourth-order valence-electron chi connectivity index (χ4n) is 1.94. The minimum absolute atomic E-state index is 0.101. The number of anilines is 1. The van der Waals surface area contributed by atoms with Crippen molar-refractivity contribution in [3.63, 3.8) is 0 Å². The molecule has 1 N–H and O–H groups in total. The average molecular weight is 308 g/mol. The number of hydrogen-bond donors (Lipinski definition) is 1. The molecule has 0 aliphatic rings. The van der Waals surface area contributed by atoms with Crippen LogP contribution in [0.5, 0.6) is 0 Å². The van der Waals surface area contributed by atoms with Gasteiger partial charge < -0.3 is 5.32 Å². The number of hydrogen-bond acceptors (Lipinski definition) is 3. The second-order valence-corrected chi connectivity index (χ2v) is 6.35. The minimum Gasteiger partial charge on any atom is -0.373 e. The Labute approximate surface area is 129 Å². The van der Waals surface area contributed by atoms with Crippen molar-refractivity contribution in [3.05, 3.63) is 52.2 Å². The molecule has 0 unspecified atom stereocenters. The zero-order valence-electron chi connectivity index (χ0n) is 12.7. The first kappa shape index (κ1) is 15.7. The van der Waals surface area contributed by atoms with Gasteiger partial charge in [0, 0.05) is 24.9 Å². The van der Waals surface area contributed by atoms with Gasteiger partial charge in [-0.15, -0.1) is 0 Å². The van der Waals surface area contributed by atoms with E-state index in [0.29, 0.717) is 17.8 Å². The van der Waals surface area contributed by atoms with Gasteiger partial charge in [0.2, 0.25) is 0 Å². The van der Waals surface area contributed by atoms with Crippen LogP contribution in [0.15, 0.2) is 24.3 Å². The van der Waals surface area contributed by atoms with E-state index in [1.807, 2.05) is 6.07 Å². The molecule has 0 bridgehead atoms. The maximum absolute atomic E-state index is 14.0. The molecule has 3 nitrogen and oxygen atoms in total. The lowest BCUT2D eigenvalue weighted by atomic mass is 9.92. The van der Waals surface area contributed by atoms with Gasteiger partial charge in [0.1, 0.15) is 17.5 Å². The van der Waals surface area contributed by atoms with Crippen molar-refractivity contribution in [2.24, 2.45) is 0 Å². The second-order valence-electron chi connectivity index (χ2n) is 5.94. The Hall–Kier alpha value is -1.68. The Morgan fingerprint density at radius 3 is 2.57 bits per heavy atom. The molecule has 2 aromatic rings. The van der Waals surface area contributed by atoms with Crippen molar-refractivity contribution in [3.8, 4) is 0 Å². The van der Waals surface area contributed by atoms with Gasteiger partial charge in [0.05, 0.1) is 10.7 Å². The molecule has 1 aromatic heterocycles. The zero-order valence-corrected chi connectivity index (χ0v) is 13.4. The standard InChI is InChI=1S/C16H19ClFN3/c1-16(2,3)12-9-13(19-4)21-14(20-12)8-10-6-5-7-11(17)15(10)18/h5-7,9H,8H2,1-4H3,(H,19,20,21). The number of halogens is 2. The number of nitrogens with one attached hydrogen (secondary N) is 1. The molecular weight excluding hydrogens is 289 g/mol. The van der Waals surface area contributed by atoms with Crippen molar-refractivity contribution in [2.75, 3.05) is 12.4 Å². The maximum atomic E-state index is 14.0. The fraction of sp³-hybridized carbons (Fsp3) is 0.375. The first-order valence-corrected chi connectivity index (χ1v) is 7.18. The molecule has 0 aliphatic heterocycles. The van der Waals surface area contributed by atoms with Crippen LogP contribution in [0.25, 0.3) is 0 Å². The van der Waals surface area contributed by atoms with Gasteiger partial charge in [0.15, 0.2) is 0 Å². The van der Waals surface area contributed by atoms with E-state index < -0.39 is 5.82 Å². The van der Waals surface area contributed by atoms with Gasteiger partial charge in [0.25, 0.3) is 0 Å². The fourth-order valence-corrected chi connectivity index (χ4v) is 2.14. The molecule has 112 valence electrons. The smallest absolute Gasteiger partial charge is 0.145 e. The van der Waals surface area contributed by atoms with Crippen LogP contribution in [0.4, 0.5) is 10.2 Å². The largest absolute Gasteiger partial charge is 0.373 e. The van der Waals surface area contributed by atoms with Crippen LogP contribution in [0, 0.1) is 5.82 Å². The van der Waals surface area contributed by atoms with Crippen LogP contribution in [-0.2, 0) is 11.8 Å². The molecule has 0 aliphatic carbocycles. The normalized spacial score (nSPS) is 11.5. The van der Waals surface area contributed by atoms with Crippen LogP contribution in [0.1, 0.15) is 37.9 Å². The molecule has 0 radical (unpaired) electrons. The molecule has 1 aromatic carbocycles. The first-order valence-electron chi connectivity index (χ1n) is 6.80. The van der Waals surface area contributed by atoms with E-state index in [2.05, 4.69) is 36.1 Å². The van der Waals surface area contributed by atoms with Crippen molar-refractivity contribution in [1.82, 2.24) is 9.97 Å². The lowest BCUT2D eigenvalue weighted by molar-refractivity contribution is 0.562. The van der Waals surface area contributed by atoms with Crippen LogP contribution in [0.2, 0.25) is 5.02 Å². The predicted octanol–water partition coefficient (Wildman–Crippen LogP) is 4.20. The van der Waals surface area contributed by atoms with Crippen LogP contribution in [0.3, 0.4) is 0 Å². The predicted molar refractivity (Wildman–Crippen MR) is 84.5 cm³/mol. The summed E-state index contributed by atoms with van der Waals surface area (Å²) in [6.45, 7) is 6.25. The van der Waals surface area contributed by atoms with Gasteiger partial charge in [-0.05, 0) is 11.6 Å². The number of nitrogens with zero attached hydrogens (tertiary/aromatic N) is 2. The highest BCUT2D eigenvalue weighted by Crippen LogP contribution is 2.24. The summed E-state index contributed by atoms with van der Waals surface area (Å²) in [4.78, 5) is 8.96. The Kier molecular flexibility index (Phi) is 4.47. The quantitative estimate of drug-likeness (QED) is 0.923. The second kappa shape index (κ2) is 5.98. The molecule has 0 amide bonds. The number of rotatable bonds is 3. The molecule has 1 heterocycles. The molecule has 2 rings (SSSR count). The van der Waals surface area contributed by atoms with Crippen molar-refractivity contribution < 1.29 is 4.39 Å². The van der Waals surface area contributed by atoms with E-state index in [1.165, 1.54) is 6.07 Å². The van der Waals surface area contributed by atoms with Crippen molar-refractivity contribution in [1.29, 1.82) is 0 Å². The summed E-state index contributed by atoms with van der Waals surface area (Å²) in [5.74, 6) is 0.898. The molecule has 21 heavy (non-hydrogen) atoms. The van der Waals surface area contributed by atoms with Gasteiger partial charge in [-0.1, -0.05) is 44.5 Å². The Balaban J connectivity index is 2.42. The van der Waals surface area contributed by atoms with Gasteiger partial charge in [-0.2, -0.15) is 0 Å². The molecule has 5 heteroatoms. The minimum atomic E-state index is -0.407. The van der Waals surface area contributed by atoms with Crippen molar-refractivity contribution in [2.45, 2.75) is 32.6 Å². The third-order valence-electron chi connectivity index (χ3n) is 3.18. The lowest BCUT2D eigenvalue weighted by Gasteiger charge is -2.19. The topological polar surface area (TPSA) is 37.8 Å². The van der Waals surface area contributed by atoms with E-state index in [9.17, 15) is 4.39 Å². The maximum Gasteiger partial charge on any atom is 0.145 e. The molecule has 0 saturated heterocycles. The summed E-state index contributed by atoms with van der Waals surface area (Å²) >= 11 is 5.81. The molecule has 0 spiro atoms. The molecule has 0 atom stereocenters. The van der Waals surface area contributed by atoms with Gasteiger partial charge in [-0.3, -0.25) is 0 Å². The zero-order chi connectivity index (χ0) is 15.6. The highest BCUT2D eigenvalue weighted by molar-refractivity contribution is 6.30. The lowest BCUT2D eigenvalue weighted by Crippen LogP contribution is -2.16. The summed E-state index contributed by atoms with van der Waals surface area (Å²) in [7, 11) is 1.80. The number of benzene rings is 1. The van der Waals surface area contributed by atoms with E-state index in [0.717, 1.165) is 11.5 Å². The van der Waals surface area contributed by atoms with E-state index in [4.69, 9.17) is 11.6 Å². The Morgan fingerprint density at radius 1 is 1.24 bits per heavy atom. The Bertz CT molecular complexity index is 650. The summed E-state index contributed by atoms with van der Waals surface area (Å²) < 4.78 is 14.0. The average Bonchev–Trinajstić information content (AvgIpc) is 2.42. The van der Waals surface area contributed by atoms with E-state index in [-0.39, 0.29) is 10.4 Å². The van der Waals surface area contributed by atoms with Crippen molar-refractivity contribution >= 4 is 17.4 Å². The van der Waals surface area contributed by atoms with Crippen LogP contribution < -0.4 is 5.32 Å². The van der Waals surface area contributed by atoms with Gasteiger partial charge in [-0.25, -0.2) is 14.4 Å². The van der Waals surface area contributed by atoms with Gasteiger partial charge >= 0.3 is 0 Å². The molecule has 0 saturated carbocycles. The highest BCUT2D eigenvalue weighted by Gasteiger charge is 2.18. The molecule has 0 fully saturated rings.